The van der Waals surface area contributed by atoms with E-state index in [0.29, 0.717) is 6.54 Å². The smallest absolute Gasteiger partial charge is 0.312 e. The Balaban J connectivity index is 2.25. The van der Waals surface area contributed by atoms with Crippen LogP contribution in [-0.4, -0.2) is 35.5 Å². The van der Waals surface area contributed by atoms with Crippen LogP contribution in [0.1, 0.15) is 19.3 Å². The fourth-order valence-electron chi connectivity index (χ4n) is 2.20. The van der Waals surface area contributed by atoms with Crippen LogP contribution in [0, 0.1) is 11.3 Å². The number of amides is 1. The normalized spacial score (nSPS) is 33.9. The second kappa shape index (κ2) is 2.47. The van der Waals surface area contributed by atoms with Gasteiger partial charge in [0.25, 0.3) is 0 Å². The summed E-state index contributed by atoms with van der Waals surface area (Å²) < 4.78 is 0. The largest absolute Gasteiger partial charge is 0.481 e. The molecule has 2 rings (SSSR count). The van der Waals surface area contributed by atoms with Crippen LogP contribution in [-0.2, 0) is 9.59 Å². The highest BCUT2D eigenvalue weighted by Gasteiger charge is 2.56. The van der Waals surface area contributed by atoms with Crippen LogP contribution in [0.5, 0.6) is 0 Å². The van der Waals surface area contributed by atoms with Gasteiger partial charge in [-0.15, -0.1) is 0 Å². The van der Waals surface area contributed by atoms with Gasteiger partial charge in [0.1, 0.15) is 0 Å². The van der Waals surface area contributed by atoms with Crippen molar-refractivity contribution in [3.63, 3.8) is 0 Å². The van der Waals surface area contributed by atoms with Crippen molar-refractivity contribution in [2.45, 2.75) is 19.3 Å². The maximum Gasteiger partial charge on any atom is 0.312 e. The van der Waals surface area contributed by atoms with E-state index in [1.165, 1.54) is 4.90 Å². The summed E-state index contributed by atoms with van der Waals surface area (Å²) in [6.07, 6.45) is 2.13. The Morgan fingerprint density at radius 2 is 2.23 bits per heavy atom. The Hall–Kier alpha value is -1.06. The Kier molecular flexibility index (Phi) is 1.62. The van der Waals surface area contributed by atoms with Crippen molar-refractivity contribution in [2.24, 2.45) is 11.3 Å². The number of nitrogens with zero attached hydrogens (tertiary/aromatic N) is 1. The van der Waals surface area contributed by atoms with E-state index in [-0.39, 0.29) is 18.2 Å². The molecule has 2 aliphatic rings. The molecule has 1 atom stereocenters. The Morgan fingerprint density at radius 1 is 1.62 bits per heavy atom. The molecule has 1 aliphatic heterocycles. The van der Waals surface area contributed by atoms with Crippen molar-refractivity contribution >= 4 is 11.9 Å². The fourth-order valence-corrected chi connectivity index (χ4v) is 2.20. The number of carboxylic acid groups (broad SMARTS) is 1. The molecule has 4 nitrogen and oxygen atoms in total. The third-order valence-corrected chi connectivity index (χ3v) is 3.20. The van der Waals surface area contributed by atoms with Crippen LogP contribution in [0.25, 0.3) is 0 Å². The molecule has 4 heteroatoms. The zero-order valence-corrected chi connectivity index (χ0v) is 7.62. The van der Waals surface area contributed by atoms with E-state index in [1.54, 1.807) is 7.05 Å². The molecule has 1 heterocycles. The number of carbonyl (C=O) groups excluding carboxylic acids is 1. The number of hydrogen-bond acceptors (Lipinski definition) is 2. The van der Waals surface area contributed by atoms with Crippen molar-refractivity contribution in [2.75, 3.05) is 13.6 Å². The van der Waals surface area contributed by atoms with E-state index in [0.717, 1.165) is 12.8 Å². The molecule has 0 bridgehead atoms. The van der Waals surface area contributed by atoms with Crippen molar-refractivity contribution < 1.29 is 14.7 Å². The maximum atomic E-state index is 11.3. The molecule has 1 unspecified atom stereocenters. The summed E-state index contributed by atoms with van der Waals surface area (Å²) in [6, 6.07) is 0. The average molecular weight is 183 g/mol. The number of rotatable bonds is 2. The van der Waals surface area contributed by atoms with Crippen LogP contribution in [0.2, 0.25) is 0 Å². The zero-order chi connectivity index (χ0) is 9.64. The van der Waals surface area contributed by atoms with Crippen LogP contribution in [0.4, 0.5) is 0 Å². The number of likely N-dealkylation sites (tertiary alicyclic amines) is 1. The summed E-state index contributed by atoms with van der Waals surface area (Å²) in [5.41, 5.74) is -0.758. The van der Waals surface area contributed by atoms with Gasteiger partial charge in [0.05, 0.1) is 5.41 Å². The SMILES string of the molecule is CN1CC(C(=O)O)(C2CC2)CC1=O. The van der Waals surface area contributed by atoms with E-state index in [1.807, 2.05) is 0 Å². The molecule has 1 aliphatic carbocycles. The molecule has 1 saturated carbocycles. The standard InChI is InChI=1S/C9H13NO3/c1-10-5-9(8(12)13,4-7(10)11)6-2-3-6/h6H,2-5H2,1H3,(H,12,13). The first-order chi connectivity index (χ1) is 6.06. The van der Waals surface area contributed by atoms with Crippen molar-refractivity contribution in [1.29, 1.82) is 0 Å². The lowest BCUT2D eigenvalue weighted by Crippen LogP contribution is -2.35. The molecular formula is C9H13NO3. The van der Waals surface area contributed by atoms with Crippen molar-refractivity contribution in [3.05, 3.63) is 0 Å². The fraction of sp³-hybridized carbons (Fsp3) is 0.778. The first-order valence-corrected chi connectivity index (χ1v) is 4.53. The monoisotopic (exact) mass is 183 g/mol. The lowest BCUT2D eigenvalue weighted by Gasteiger charge is -2.22. The molecule has 1 N–H and O–H groups in total. The minimum atomic E-state index is -0.798. The van der Waals surface area contributed by atoms with E-state index in [2.05, 4.69) is 0 Å². The van der Waals surface area contributed by atoms with E-state index < -0.39 is 11.4 Å². The molecular weight excluding hydrogens is 170 g/mol. The van der Waals surface area contributed by atoms with Gasteiger partial charge in [-0.2, -0.15) is 0 Å². The number of carbonyl (C=O) groups is 2. The zero-order valence-electron chi connectivity index (χ0n) is 7.62. The van der Waals surface area contributed by atoms with Crippen LogP contribution < -0.4 is 0 Å². The van der Waals surface area contributed by atoms with Crippen molar-refractivity contribution in [3.8, 4) is 0 Å². The van der Waals surface area contributed by atoms with E-state index in [9.17, 15) is 9.59 Å². The van der Waals surface area contributed by atoms with Gasteiger partial charge in [-0.1, -0.05) is 0 Å². The number of hydrogen-bond donors (Lipinski definition) is 1. The summed E-state index contributed by atoms with van der Waals surface area (Å²) in [6.45, 7) is 0.395. The molecule has 13 heavy (non-hydrogen) atoms. The van der Waals surface area contributed by atoms with Crippen LogP contribution in [0.15, 0.2) is 0 Å². The predicted octanol–water partition coefficient (Wildman–Crippen LogP) is 0.329. The molecule has 72 valence electrons. The summed E-state index contributed by atoms with van der Waals surface area (Å²) in [4.78, 5) is 23.9. The number of carboxylic acids is 1. The Morgan fingerprint density at radius 3 is 2.54 bits per heavy atom. The first kappa shape index (κ1) is 8.53. The van der Waals surface area contributed by atoms with Gasteiger partial charge in [0, 0.05) is 20.0 Å². The second-order valence-corrected chi connectivity index (χ2v) is 4.16. The third-order valence-electron chi connectivity index (χ3n) is 3.20. The van der Waals surface area contributed by atoms with Crippen LogP contribution >= 0.6 is 0 Å². The maximum absolute atomic E-state index is 11.3. The Bertz CT molecular complexity index is 272. The van der Waals surface area contributed by atoms with E-state index in [4.69, 9.17) is 5.11 Å². The average Bonchev–Trinajstić information content (AvgIpc) is 2.81. The molecule has 0 aromatic heterocycles. The number of aliphatic carboxylic acids is 1. The van der Waals surface area contributed by atoms with Gasteiger partial charge >= 0.3 is 5.97 Å². The highest BCUT2D eigenvalue weighted by atomic mass is 16.4. The van der Waals surface area contributed by atoms with Gasteiger partial charge in [0.2, 0.25) is 5.91 Å². The van der Waals surface area contributed by atoms with E-state index >= 15 is 0 Å². The minimum absolute atomic E-state index is 0.0331. The third kappa shape index (κ3) is 1.12. The lowest BCUT2D eigenvalue weighted by atomic mass is 9.82. The molecule has 1 amide bonds. The molecule has 0 radical (unpaired) electrons. The molecule has 1 saturated heterocycles. The Labute approximate surface area is 76.5 Å². The van der Waals surface area contributed by atoms with Crippen molar-refractivity contribution in [1.82, 2.24) is 4.90 Å². The predicted molar refractivity (Wildman–Crippen MR) is 45.0 cm³/mol. The topological polar surface area (TPSA) is 57.6 Å². The highest BCUT2D eigenvalue weighted by Crippen LogP contribution is 2.51. The lowest BCUT2D eigenvalue weighted by molar-refractivity contribution is -0.150. The summed E-state index contributed by atoms with van der Waals surface area (Å²) >= 11 is 0. The molecule has 0 spiro atoms. The molecule has 0 aromatic rings. The van der Waals surface area contributed by atoms with Gasteiger partial charge in [-0.3, -0.25) is 9.59 Å². The van der Waals surface area contributed by atoms with Gasteiger partial charge in [-0.25, -0.2) is 0 Å². The molecule has 2 fully saturated rings. The highest BCUT2D eigenvalue weighted by molar-refractivity contribution is 5.89. The van der Waals surface area contributed by atoms with Gasteiger partial charge < -0.3 is 10.0 Å². The van der Waals surface area contributed by atoms with Gasteiger partial charge in [-0.05, 0) is 18.8 Å². The van der Waals surface area contributed by atoms with Gasteiger partial charge in [0.15, 0.2) is 0 Å². The summed E-state index contributed by atoms with van der Waals surface area (Å²) in [5, 5.41) is 9.13. The first-order valence-electron chi connectivity index (χ1n) is 4.53. The summed E-state index contributed by atoms with van der Waals surface area (Å²) in [5.74, 6) is -0.596. The second-order valence-electron chi connectivity index (χ2n) is 4.16. The minimum Gasteiger partial charge on any atom is -0.481 e. The summed E-state index contributed by atoms with van der Waals surface area (Å²) in [7, 11) is 1.68. The molecule has 0 aromatic carbocycles. The van der Waals surface area contributed by atoms with Crippen LogP contribution in [0.3, 0.4) is 0 Å². The quantitative estimate of drug-likeness (QED) is 0.671.